The Morgan fingerprint density at radius 3 is 2.25 bits per heavy atom. The van der Waals surface area contributed by atoms with Crippen molar-refractivity contribution >= 4 is 33.5 Å². The number of hydrogen-bond acceptors (Lipinski definition) is 9. The lowest BCUT2D eigenvalue weighted by molar-refractivity contribution is -0.149. The standard InChI is InChI=1S/C19H29NO6S2/c21-11-5-1-7-13-25-18(23)15-16(19(24)26-14-8-2-6-12-22)27-28-17-9-3-4-10-20-17/h3-4,9-10,16,21-22H,1-2,5-8,11-15H2. The molecule has 0 fully saturated rings. The molecule has 0 aliphatic carbocycles. The van der Waals surface area contributed by atoms with Gasteiger partial charge in [-0.25, -0.2) is 4.98 Å². The number of esters is 2. The molecule has 158 valence electrons. The third-order valence-corrected chi connectivity index (χ3v) is 6.21. The van der Waals surface area contributed by atoms with Gasteiger partial charge < -0.3 is 19.7 Å². The maximum absolute atomic E-state index is 12.4. The van der Waals surface area contributed by atoms with E-state index in [0.29, 0.717) is 25.7 Å². The number of pyridine rings is 1. The topological polar surface area (TPSA) is 106 Å². The van der Waals surface area contributed by atoms with Crippen molar-refractivity contribution < 1.29 is 29.3 Å². The minimum absolute atomic E-state index is 0.0695. The molecular formula is C19H29NO6S2. The average Bonchev–Trinajstić information content (AvgIpc) is 2.71. The molecule has 28 heavy (non-hydrogen) atoms. The summed E-state index contributed by atoms with van der Waals surface area (Å²) >= 11 is 0. The van der Waals surface area contributed by atoms with Crippen molar-refractivity contribution in [2.75, 3.05) is 26.4 Å². The van der Waals surface area contributed by atoms with Crippen molar-refractivity contribution in [3.8, 4) is 0 Å². The molecule has 0 radical (unpaired) electrons. The average molecular weight is 432 g/mol. The SMILES string of the molecule is O=C(CC(SSc1ccccn1)C(=O)OCCCCCO)OCCCCCO. The number of nitrogens with zero attached hydrogens (tertiary/aromatic N) is 1. The summed E-state index contributed by atoms with van der Waals surface area (Å²) in [5.41, 5.74) is 0. The van der Waals surface area contributed by atoms with Gasteiger partial charge in [-0.15, -0.1) is 0 Å². The molecule has 1 aromatic rings. The van der Waals surface area contributed by atoms with E-state index in [4.69, 9.17) is 19.7 Å². The quantitative estimate of drug-likeness (QED) is 0.232. The monoisotopic (exact) mass is 431 g/mol. The van der Waals surface area contributed by atoms with E-state index in [1.54, 1.807) is 12.3 Å². The van der Waals surface area contributed by atoms with E-state index in [9.17, 15) is 9.59 Å². The summed E-state index contributed by atoms with van der Waals surface area (Å²) in [6, 6.07) is 5.49. The molecular weight excluding hydrogens is 402 g/mol. The second-order valence-electron chi connectivity index (χ2n) is 6.00. The highest BCUT2D eigenvalue weighted by Crippen LogP contribution is 2.35. The van der Waals surface area contributed by atoms with E-state index in [-0.39, 0.29) is 32.8 Å². The van der Waals surface area contributed by atoms with E-state index in [0.717, 1.165) is 17.9 Å². The Balaban J connectivity index is 2.46. The molecule has 0 aliphatic rings. The highest BCUT2D eigenvalue weighted by atomic mass is 33.1. The molecule has 0 aromatic carbocycles. The molecule has 9 heteroatoms. The van der Waals surface area contributed by atoms with Crippen LogP contribution in [0.2, 0.25) is 0 Å². The third-order valence-electron chi connectivity index (χ3n) is 3.61. The van der Waals surface area contributed by atoms with Crippen LogP contribution in [-0.4, -0.2) is 58.8 Å². The molecule has 1 atom stereocenters. The Bertz CT molecular complexity index is 546. The van der Waals surface area contributed by atoms with E-state index in [1.807, 2.05) is 12.1 Å². The third kappa shape index (κ3) is 12.2. The molecule has 7 nitrogen and oxygen atoms in total. The van der Waals surface area contributed by atoms with Gasteiger partial charge >= 0.3 is 11.9 Å². The number of aliphatic hydroxyl groups excluding tert-OH is 2. The first-order valence-electron chi connectivity index (χ1n) is 9.45. The number of aliphatic hydroxyl groups is 2. The molecule has 1 heterocycles. The van der Waals surface area contributed by atoms with Crippen molar-refractivity contribution in [2.45, 2.75) is 55.2 Å². The molecule has 0 amide bonds. The lowest BCUT2D eigenvalue weighted by Crippen LogP contribution is -2.24. The van der Waals surface area contributed by atoms with Gasteiger partial charge in [0.05, 0.1) is 19.6 Å². The summed E-state index contributed by atoms with van der Waals surface area (Å²) in [4.78, 5) is 28.7. The summed E-state index contributed by atoms with van der Waals surface area (Å²) in [5, 5.41) is 17.6. The second-order valence-corrected chi connectivity index (χ2v) is 8.42. The van der Waals surface area contributed by atoms with Gasteiger partial charge in [0.1, 0.15) is 10.3 Å². The van der Waals surface area contributed by atoms with E-state index < -0.39 is 17.2 Å². The van der Waals surface area contributed by atoms with Gasteiger partial charge in [0.15, 0.2) is 0 Å². The van der Waals surface area contributed by atoms with E-state index in [1.165, 1.54) is 21.6 Å². The van der Waals surface area contributed by atoms with Crippen LogP contribution in [0.15, 0.2) is 29.4 Å². The van der Waals surface area contributed by atoms with Gasteiger partial charge in [-0.05, 0) is 61.5 Å². The first kappa shape index (κ1) is 24.7. The highest BCUT2D eigenvalue weighted by Gasteiger charge is 2.26. The van der Waals surface area contributed by atoms with Gasteiger partial charge in [-0.3, -0.25) is 9.59 Å². The Morgan fingerprint density at radius 1 is 0.964 bits per heavy atom. The molecule has 2 N–H and O–H groups in total. The van der Waals surface area contributed by atoms with Crippen molar-refractivity contribution in [1.82, 2.24) is 4.98 Å². The number of unbranched alkanes of at least 4 members (excludes halogenated alkanes) is 4. The predicted molar refractivity (Wildman–Crippen MR) is 110 cm³/mol. The van der Waals surface area contributed by atoms with Crippen LogP contribution in [-0.2, 0) is 19.1 Å². The number of carbonyl (C=O) groups excluding carboxylic acids is 2. The largest absolute Gasteiger partial charge is 0.466 e. The molecule has 0 aliphatic heterocycles. The summed E-state index contributed by atoms with van der Waals surface area (Å²) < 4.78 is 10.5. The lowest BCUT2D eigenvalue weighted by Gasteiger charge is -2.14. The molecule has 1 unspecified atom stereocenters. The van der Waals surface area contributed by atoms with Crippen LogP contribution < -0.4 is 0 Å². The molecule has 0 saturated carbocycles. The van der Waals surface area contributed by atoms with E-state index >= 15 is 0 Å². The van der Waals surface area contributed by atoms with E-state index in [2.05, 4.69) is 4.98 Å². The molecule has 0 spiro atoms. The summed E-state index contributed by atoms with van der Waals surface area (Å²) in [6.07, 6.45) is 5.87. The summed E-state index contributed by atoms with van der Waals surface area (Å²) in [7, 11) is 2.55. The van der Waals surface area contributed by atoms with Crippen LogP contribution in [0.3, 0.4) is 0 Å². The van der Waals surface area contributed by atoms with Crippen LogP contribution in [0.4, 0.5) is 0 Å². The molecule has 0 bridgehead atoms. The zero-order valence-corrected chi connectivity index (χ0v) is 17.6. The van der Waals surface area contributed by atoms with Gasteiger partial charge in [0, 0.05) is 19.4 Å². The highest BCUT2D eigenvalue weighted by molar-refractivity contribution is 8.77. The minimum atomic E-state index is -0.685. The molecule has 1 aromatic heterocycles. The zero-order chi connectivity index (χ0) is 20.5. The Morgan fingerprint density at radius 2 is 1.64 bits per heavy atom. The fraction of sp³-hybridized carbons (Fsp3) is 0.632. The second kappa shape index (κ2) is 16.6. The Hall–Kier alpha value is -1.29. The zero-order valence-electron chi connectivity index (χ0n) is 16.0. The van der Waals surface area contributed by atoms with Crippen molar-refractivity contribution in [1.29, 1.82) is 0 Å². The van der Waals surface area contributed by atoms with Crippen molar-refractivity contribution in [2.24, 2.45) is 0 Å². The number of ether oxygens (including phenoxy) is 2. The molecule has 1 rings (SSSR count). The van der Waals surface area contributed by atoms with Gasteiger partial charge in [-0.1, -0.05) is 16.9 Å². The van der Waals surface area contributed by atoms with Crippen LogP contribution in [0.1, 0.15) is 44.9 Å². The smallest absolute Gasteiger partial charge is 0.320 e. The minimum Gasteiger partial charge on any atom is -0.466 e. The van der Waals surface area contributed by atoms with Crippen LogP contribution in [0, 0.1) is 0 Å². The Labute approximate surface area is 174 Å². The van der Waals surface area contributed by atoms with Crippen LogP contribution in [0.5, 0.6) is 0 Å². The first-order chi connectivity index (χ1) is 13.7. The maximum atomic E-state index is 12.4. The molecule has 0 saturated heterocycles. The number of aromatic nitrogens is 1. The fourth-order valence-corrected chi connectivity index (χ4v) is 4.29. The van der Waals surface area contributed by atoms with Crippen molar-refractivity contribution in [3.05, 3.63) is 24.4 Å². The number of carbonyl (C=O) groups is 2. The fourth-order valence-electron chi connectivity index (χ4n) is 2.10. The van der Waals surface area contributed by atoms with Crippen molar-refractivity contribution in [3.63, 3.8) is 0 Å². The lowest BCUT2D eigenvalue weighted by atomic mass is 10.2. The van der Waals surface area contributed by atoms with Gasteiger partial charge in [-0.2, -0.15) is 0 Å². The Kier molecular flexibility index (Phi) is 14.7. The van der Waals surface area contributed by atoms with Crippen LogP contribution >= 0.6 is 21.6 Å². The van der Waals surface area contributed by atoms with Crippen LogP contribution in [0.25, 0.3) is 0 Å². The van der Waals surface area contributed by atoms with Gasteiger partial charge in [0.25, 0.3) is 0 Å². The number of rotatable bonds is 16. The summed E-state index contributed by atoms with van der Waals surface area (Å²) in [6.45, 7) is 0.791. The number of hydrogen-bond donors (Lipinski definition) is 2. The maximum Gasteiger partial charge on any atom is 0.320 e. The summed E-state index contributed by atoms with van der Waals surface area (Å²) in [5.74, 6) is -0.894. The normalized spacial score (nSPS) is 11.8. The first-order valence-corrected chi connectivity index (χ1v) is 11.7. The van der Waals surface area contributed by atoms with Gasteiger partial charge in [0.2, 0.25) is 0 Å². The predicted octanol–water partition coefficient (Wildman–Crippen LogP) is 2.99.